The Kier molecular flexibility index (Phi) is 5.02. The maximum Gasteiger partial charge on any atom is 0.221 e. The lowest BCUT2D eigenvalue weighted by atomic mass is 9.88. The van der Waals surface area contributed by atoms with Crippen molar-refractivity contribution in [1.82, 2.24) is 5.32 Å². The summed E-state index contributed by atoms with van der Waals surface area (Å²) in [5, 5.41) is 22.6. The Hall–Kier alpha value is -3.27. The zero-order valence-corrected chi connectivity index (χ0v) is 15.5. The molecule has 1 atom stereocenters. The minimum absolute atomic E-state index is 0.0146. The Balaban J connectivity index is 1.51. The molecule has 0 bridgehead atoms. The Morgan fingerprint density at radius 3 is 2.18 bits per heavy atom. The van der Waals surface area contributed by atoms with Crippen molar-refractivity contribution in [2.75, 3.05) is 0 Å². The number of rotatable bonds is 5. The highest BCUT2D eigenvalue weighted by Crippen LogP contribution is 2.31. The Labute approximate surface area is 164 Å². The van der Waals surface area contributed by atoms with Crippen LogP contribution in [0.3, 0.4) is 0 Å². The Morgan fingerprint density at radius 1 is 0.857 bits per heavy atom. The predicted octanol–water partition coefficient (Wildman–Crippen LogP) is 3.90. The molecule has 0 heterocycles. The third-order valence-electron chi connectivity index (χ3n) is 5.37. The molecule has 0 aliphatic heterocycles. The highest BCUT2D eigenvalue weighted by molar-refractivity contribution is 5.78. The summed E-state index contributed by atoms with van der Waals surface area (Å²) in [5.74, 6) is 0.148. The SMILES string of the molecule is O=C(C[C@@H](c1ccc(O)cc1)c1cccc(O)c1)NC1Cc2ccccc2C1. The molecule has 1 amide bonds. The minimum Gasteiger partial charge on any atom is -0.508 e. The molecule has 1 aliphatic carbocycles. The van der Waals surface area contributed by atoms with Crippen molar-refractivity contribution in [3.8, 4) is 11.5 Å². The number of carbonyl (C=O) groups excluding carboxylic acids is 1. The van der Waals surface area contributed by atoms with Gasteiger partial charge in [-0.25, -0.2) is 0 Å². The van der Waals surface area contributed by atoms with Crippen LogP contribution in [0.5, 0.6) is 11.5 Å². The normalized spacial score (nSPS) is 14.4. The number of benzene rings is 3. The van der Waals surface area contributed by atoms with E-state index < -0.39 is 0 Å². The first-order chi connectivity index (χ1) is 13.6. The van der Waals surface area contributed by atoms with E-state index in [1.165, 1.54) is 11.1 Å². The summed E-state index contributed by atoms with van der Waals surface area (Å²) in [4.78, 5) is 12.8. The van der Waals surface area contributed by atoms with E-state index in [9.17, 15) is 15.0 Å². The molecule has 0 radical (unpaired) electrons. The molecule has 0 aromatic heterocycles. The van der Waals surface area contributed by atoms with Gasteiger partial charge in [-0.15, -0.1) is 0 Å². The standard InChI is InChI=1S/C24H23NO3/c26-21-10-8-16(9-11-21)23(19-6-3-7-22(27)14-19)15-24(28)25-20-12-17-4-1-2-5-18(17)13-20/h1-11,14,20,23,26-27H,12-13,15H2,(H,25,28)/t23-/m0/s1. The lowest BCUT2D eigenvalue weighted by Crippen LogP contribution is -2.36. The molecule has 3 aromatic carbocycles. The molecule has 3 N–H and O–H groups in total. The molecule has 0 spiro atoms. The van der Waals surface area contributed by atoms with Gasteiger partial charge in [0.05, 0.1) is 0 Å². The zero-order chi connectivity index (χ0) is 19.5. The summed E-state index contributed by atoms with van der Waals surface area (Å²) >= 11 is 0. The number of amides is 1. The molecule has 142 valence electrons. The van der Waals surface area contributed by atoms with Crippen LogP contribution in [-0.4, -0.2) is 22.2 Å². The van der Waals surface area contributed by atoms with Gasteiger partial charge < -0.3 is 15.5 Å². The summed E-state index contributed by atoms with van der Waals surface area (Å²) in [6.07, 6.45) is 2.00. The number of carbonyl (C=O) groups is 1. The van der Waals surface area contributed by atoms with E-state index in [1.54, 1.807) is 30.3 Å². The molecule has 1 aliphatic rings. The summed E-state index contributed by atoms with van der Waals surface area (Å²) in [6.45, 7) is 0. The topological polar surface area (TPSA) is 69.6 Å². The highest BCUT2D eigenvalue weighted by Gasteiger charge is 2.25. The Morgan fingerprint density at radius 2 is 1.54 bits per heavy atom. The maximum atomic E-state index is 12.8. The van der Waals surface area contributed by atoms with Gasteiger partial charge in [-0.3, -0.25) is 4.79 Å². The van der Waals surface area contributed by atoms with Crippen molar-refractivity contribution < 1.29 is 15.0 Å². The minimum atomic E-state index is -0.198. The summed E-state index contributed by atoms with van der Waals surface area (Å²) in [5.41, 5.74) is 4.40. The van der Waals surface area contributed by atoms with Crippen molar-refractivity contribution >= 4 is 5.91 Å². The lowest BCUT2D eigenvalue weighted by Gasteiger charge is -2.20. The van der Waals surface area contributed by atoms with Gasteiger partial charge in [0, 0.05) is 18.4 Å². The average molecular weight is 373 g/mol. The van der Waals surface area contributed by atoms with Gasteiger partial charge in [-0.05, 0) is 59.4 Å². The van der Waals surface area contributed by atoms with Gasteiger partial charge >= 0.3 is 0 Å². The van der Waals surface area contributed by atoms with Crippen molar-refractivity contribution in [3.63, 3.8) is 0 Å². The summed E-state index contributed by atoms with van der Waals surface area (Å²) in [6, 6.07) is 22.3. The van der Waals surface area contributed by atoms with Crippen LogP contribution in [-0.2, 0) is 17.6 Å². The van der Waals surface area contributed by atoms with Gasteiger partial charge in [0.15, 0.2) is 0 Å². The van der Waals surface area contributed by atoms with Crippen molar-refractivity contribution in [2.45, 2.75) is 31.2 Å². The van der Waals surface area contributed by atoms with E-state index in [4.69, 9.17) is 0 Å². The van der Waals surface area contributed by atoms with Gasteiger partial charge in [0.25, 0.3) is 0 Å². The van der Waals surface area contributed by atoms with Gasteiger partial charge in [-0.2, -0.15) is 0 Å². The lowest BCUT2D eigenvalue weighted by molar-refractivity contribution is -0.121. The molecule has 28 heavy (non-hydrogen) atoms. The third-order valence-corrected chi connectivity index (χ3v) is 5.37. The van der Waals surface area contributed by atoms with E-state index in [1.807, 2.05) is 30.3 Å². The van der Waals surface area contributed by atoms with Crippen LogP contribution in [0.25, 0.3) is 0 Å². The van der Waals surface area contributed by atoms with E-state index in [2.05, 4.69) is 17.4 Å². The largest absolute Gasteiger partial charge is 0.508 e. The summed E-state index contributed by atoms with van der Waals surface area (Å²) in [7, 11) is 0. The number of fused-ring (bicyclic) bond motifs is 1. The Bertz CT molecular complexity index is 956. The van der Waals surface area contributed by atoms with E-state index >= 15 is 0 Å². The smallest absolute Gasteiger partial charge is 0.221 e. The fourth-order valence-electron chi connectivity index (χ4n) is 4.01. The number of phenols is 2. The van der Waals surface area contributed by atoms with Gasteiger partial charge in [-0.1, -0.05) is 48.5 Å². The molecule has 0 saturated carbocycles. The number of phenolic OH excluding ortho intramolecular Hbond substituents is 2. The molecule has 0 saturated heterocycles. The van der Waals surface area contributed by atoms with Gasteiger partial charge in [0.1, 0.15) is 11.5 Å². The quantitative estimate of drug-likeness (QED) is 0.635. The maximum absolute atomic E-state index is 12.8. The zero-order valence-electron chi connectivity index (χ0n) is 15.5. The van der Waals surface area contributed by atoms with Crippen LogP contribution in [0.2, 0.25) is 0 Å². The van der Waals surface area contributed by atoms with E-state index in [0.717, 1.165) is 24.0 Å². The van der Waals surface area contributed by atoms with Crippen molar-refractivity contribution in [1.29, 1.82) is 0 Å². The van der Waals surface area contributed by atoms with E-state index in [0.29, 0.717) is 0 Å². The average Bonchev–Trinajstić information content (AvgIpc) is 3.09. The molecule has 4 rings (SSSR count). The number of hydrogen-bond donors (Lipinski definition) is 3. The monoisotopic (exact) mass is 373 g/mol. The van der Waals surface area contributed by atoms with Gasteiger partial charge in [0.2, 0.25) is 5.91 Å². The fraction of sp³-hybridized carbons (Fsp3) is 0.208. The third kappa shape index (κ3) is 4.01. The van der Waals surface area contributed by atoms with Crippen LogP contribution >= 0.6 is 0 Å². The molecule has 4 nitrogen and oxygen atoms in total. The predicted molar refractivity (Wildman–Crippen MR) is 108 cm³/mol. The second-order valence-electron chi connectivity index (χ2n) is 7.38. The summed E-state index contributed by atoms with van der Waals surface area (Å²) < 4.78 is 0. The molecular weight excluding hydrogens is 350 g/mol. The first-order valence-corrected chi connectivity index (χ1v) is 9.52. The van der Waals surface area contributed by atoms with Crippen molar-refractivity contribution in [2.24, 2.45) is 0 Å². The molecule has 0 unspecified atom stereocenters. The van der Waals surface area contributed by atoms with Crippen LogP contribution in [0.15, 0.2) is 72.8 Å². The van der Waals surface area contributed by atoms with Crippen LogP contribution < -0.4 is 5.32 Å². The number of hydrogen-bond acceptors (Lipinski definition) is 3. The van der Waals surface area contributed by atoms with Crippen LogP contribution in [0.1, 0.15) is 34.6 Å². The van der Waals surface area contributed by atoms with Crippen LogP contribution in [0, 0.1) is 0 Å². The number of nitrogens with one attached hydrogen (secondary N) is 1. The molecular formula is C24H23NO3. The van der Waals surface area contributed by atoms with E-state index in [-0.39, 0.29) is 35.8 Å². The number of aromatic hydroxyl groups is 2. The fourth-order valence-corrected chi connectivity index (χ4v) is 4.01. The first kappa shape index (κ1) is 18.1. The highest BCUT2D eigenvalue weighted by atomic mass is 16.3. The molecule has 0 fully saturated rings. The second kappa shape index (κ2) is 7.77. The second-order valence-corrected chi connectivity index (χ2v) is 7.38. The van der Waals surface area contributed by atoms with Crippen molar-refractivity contribution in [3.05, 3.63) is 95.1 Å². The molecule has 3 aromatic rings. The first-order valence-electron chi connectivity index (χ1n) is 9.52. The molecule has 4 heteroatoms. The van der Waals surface area contributed by atoms with Crippen LogP contribution in [0.4, 0.5) is 0 Å².